The second-order valence-electron chi connectivity index (χ2n) is 6.20. The van der Waals surface area contributed by atoms with Crippen LogP contribution in [0.25, 0.3) is 0 Å². The molecule has 26 heavy (non-hydrogen) atoms. The third-order valence-corrected chi connectivity index (χ3v) is 4.07. The first-order valence-electron chi connectivity index (χ1n) is 8.49. The molecule has 3 aromatic rings. The first-order valence-corrected chi connectivity index (χ1v) is 8.49. The van der Waals surface area contributed by atoms with E-state index in [4.69, 9.17) is 15.6 Å². The van der Waals surface area contributed by atoms with E-state index in [1.165, 1.54) is 11.1 Å². The lowest BCUT2D eigenvalue weighted by molar-refractivity contribution is 0.265. The van der Waals surface area contributed by atoms with Crippen molar-refractivity contribution in [2.24, 2.45) is 5.73 Å². The van der Waals surface area contributed by atoms with E-state index in [1.54, 1.807) is 0 Å². The van der Waals surface area contributed by atoms with E-state index >= 15 is 0 Å². The van der Waals surface area contributed by atoms with E-state index < -0.39 is 0 Å². The third kappa shape index (κ3) is 5.88. The second-order valence-corrected chi connectivity index (χ2v) is 6.20. The van der Waals surface area contributed by atoms with Gasteiger partial charge in [-0.25, -0.2) is 0 Å². The fraction of sp³-hybridized carbons (Fsp3) is 0.182. The summed E-state index contributed by atoms with van der Waals surface area (Å²) in [6, 6.07) is 26.2. The molecule has 3 nitrogen and oxygen atoms in total. The number of hydrogen-bond donors (Lipinski definition) is 2. The SMILES string of the molecule is Cl.N[C@H](CO)Cc1ccc(Oc2ccc(Cc3ccccc3)cc2)cc1. The molecule has 3 rings (SSSR count). The van der Waals surface area contributed by atoms with Crippen LogP contribution in [0.1, 0.15) is 16.7 Å². The molecule has 0 saturated carbocycles. The van der Waals surface area contributed by atoms with Crippen LogP contribution in [0, 0.1) is 0 Å². The van der Waals surface area contributed by atoms with Crippen molar-refractivity contribution in [1.29, 1.82) is 0 Å². The van der Waals surface area contributed by atoms with Gasteiger partial charge >= 0.3 is 0 Å². The molecule has 4 heteroatoms. The summed E-state index contributed by atoms with van der Waals surface area (Å²) >= 11 is 0. The Morgan fingerprint density at radius 3 is 1.77 bits per heavy atom. The smallest absolute Gasteiger partial charge is 0.127 e. The molecule has 0 bridgehead atoms. The number of rotatable bonds is 7. The maximum Gasteiger partial charge on any atom is 0.127 e. The van der Waals surface area contributed by atoms with Gasteiger partial charge in [0.2, 0.25) is 0 Å². The molecule has 0 aliphatic heterocycles. The van der Waals surface area contributed by atoms with Gasteiger partial charge in [-0.1, -0.05) is 54.6 Å². The van der Waals surface area contributed by atoms with Crippen LogP contribution in [-0.2, 0) is 12.8 Å². The monoisotopic (exact) mass is 369 g/mol. The Labute approximate surface area is 160 Å². The number of aliphatic hydroxyl groups is 1. The molecule has 0 amide bonds. The van der Waals surface area contributed by atoms with Gasteiger partial charge in [-0.05, 0) is 53.8 Å². The predicted molar refractivity (Wildman–Crippen MR) is 108 cm³/mol. The summed E-state index contributed by atoms with van der Waals surface area (Å²) in [4.78, 5) is 0. The summed E-state index contributed by atoms with van der Waals surface area (Å²) in [5, 5.41) is 9.01. The van der Waals surface area contributed by atoms with Crippen molar-refractivity contribution >= 4 is 12.4 Å². The van der Waals surface area contributed by atoms with E-state index in [0.717, 1.165) is 23.5 Å². The number of ether oxygens (including phenoxy) is 1. The zero-order chi connectivity index (χ0) is 17.5. The highest BCUT2D eigenvalue weighted by atomic mass is 35.5. The van der Waals surface area contributed by atoms with Crippen molar-refractivity contribution in [1.82, 2.24) is 0 Å². The summed E-state index contributed by atoms with van der Waals surface area (Å²) in [6.07, 6.45) is 1.58. The number of benzene rings is 3. The Kier molecular flexibility index (Phi) is 7.67. The van der Waals surface area contributed by atoms with Crippen LogP contribution in [0.2, 0.25) is 0 Å². The van der Waals surface area contributed by atoms with E-state index in [0.29, 0.717) is 6.42 Å². The van der Waals surface area contributed by atoms with E-state index in [1.807, 2.05) is 42.5 Å². The molecule has 3 N–H and O–H groups in total. The van der Waals surface area contributed by atoms with Crippen LogP contribution < -0.4 is 10.5 Å². The molecule has 1 atom stereocenters. The molecule has 0 aliphatic carbocycles. The molecule has 3 aromatic carbocycles. The van der Waals surface area contributed by atoms with Crippen LogP contribution in [0.3, 0.4) is 0 Å². The van der Waals surface area contributed by atoms with Gasteiger partial charge in [0.25, 0.3) is 0 Å². The van der Waals surface area contributed by atoms with Crippen molar-refractivity contribution in [3.8, 4) is 11.5 Å². The van der Waals surface area contributed by atoms with Gasteiger partial charge in [0, 0.05) is 6.04 Å². The van der Waals surface area contributed by atoms with Gasteiger partial charge in [-0.2, -0.15) is 0 Å². The molecule has 0 fully saturated rings. The fourth-order valence-electron chi connectivity index (χ4n) is 2.70. The Balaban J connectivity index is 0.00000243. The van der Waals surface area contributed by atoms with Crippen LogP contribution in [0.4, 0.5) is 0 Å². The van der Waals surface area contributed by atoms with Crippen molar-refractivity contribution in [3.63, 3.8) is 0 Å². The molecule has 0 aliphatic rings. The molecule has 0 saturated heterocycles. The normalized spacial score (nSPS) is 11.5. The molecular weight excluding hydrogens is 346 g/mol. The molecule has 136 valence electrons. The van der Waals surface area contributed by atoms with Crippen LogP contribution >= 0.6 is 12.4 Å². The zero-order valence-corrected chi connectivity index (χ0v) is 15.4. The standard InChI is InChI=1S/C22H23NO2.ClH/c23-20(16-24)15-19-8-12-22(13-9-19)25-21-10-6-18(7-11-21)14-17-4-2-1-3-5-17;/h1-13,20,24H,14-16,23H2;1H/t20-;/m0./s1. The summed E-state index contributed by atoms with van der Waals surface area (Å²) in [6.45, 7) is -0.00637. The minimum atomic E-state index is -0.219. The molecule has 0 unspecified atom stereocenters. The summed E-state index contributed by atoms with van der Waals surface area (Å²) < 4.78 is 5.89. The molecule has 0 radical (unpaired) electrons. The van der Waals surface area contributed by atoms with Crippen LogP contribution in [0.5, 0.6) is 11.5 Å². The highest BCUT2D eigenvalue weighted by Crippen LogP contribution is 2.23. The fourth-order valence-corrected chi connectivity index (χ4v) is 2.70. The minimum absolute atomic E-state index is 0. The predicted octanol–water partition coefficient (Wildman–Crippen LogP) is 4.35. The Bertz CT molecular complexity index is 774. The molecular formula is C22H24ClNO2. The van der Waals surface area contributed by atoms with Crippen molar-refractivity contribution in [2.75, 3.05) is 6.61 Å². The molecule has 0 heterocycles. The number of halogens is 1. The first kappa shape index (κ1) is 20.0. The molecule has 0 aromatic heterocycles. The highest BCUT2D eigenvalue weighted by Gasteiger charge is 2.03. The summed E-state index contributed by atoms with van der Waals surface area (Å²) in [5.74, 6) is 1.61. The maximum absolute atomic E-state index is 9.01. The van der Waals surface area contributed by atoms with E-state index in [2.05, 4.69) is 36.4 Å². The van der Waals surface area contributed by atoms with Gasteiger partial charge in [0.05, 0.1) is 6.61 Å². The highest BCUT2D eigenvalue weighted by molar-refractivity contribution is 5.85. The summed E-state index contributed by atoms with van der Waals surface area (Å²) in [7, 11) is 0. The minimum Gasteiger partial charge on any atom is -0.457 e. The van der Waals surface area contributed by atoms with Gasteiger partial charge in [0.1, 0.15) is 11.5 Å². The lowest BCUT2D eigenvalue weighted by Gasteiger charge is -2.10. The lowest BCUT2D eigenvalue weighted by Crippen LogP contribution is -2.26. The second kappa shape index (κ2) is 9.97. The molecule has 0 spiro atoms. The van der Waals surface area contributed by atoms with E-state index in [-0.39, 0.29) is 25.1 Å². The van der Waals surface area contributed by atoms with Crippen LogP contribution in [-0.4, -0.2) is 17.8 Å². The Morgan fingerprint density at radius 1 is 0.731 bits per heavy atom. The lowest BCUT2D eigenvalue weighted by atomic mass is 10.1. The topological polar surface area (TPSA) is 55.5 Å². The van der Waals surface area contributed by atoms with Crippen molar-refractivity contribution in [3.05, 3.63) is 95.6 Å². The maximum atomic E-state index is 9.01. The average molecular weight is 370 g/mol. The first-order chi connectivity index (χ1) is 12.2. The number of aliphatic hydroxyl groups excluding tert-OH is 1. The van der Waals surface area contributed by atoms with Gasteiger partial charge < -0.3 is 15.6 Å². The van der Waals surface area contributed by atoms with Gasteiger partial charge in [0.15, 0.2) is 0 Å². The van der Waals surface area contributed by atoms with Crippen molar-refractivity contribution in [2.45, 2.75) is 18.9 Å². The average Bonchev–Trinajstić information content (AvgIpc) is 2.66. The van der Waals surface area contributed by atoms with Crippen molar-refractivity contribution < 1.29 is 9.84 Å². The Hall–Kier alpha value is -2.33. The summed E-state index contributed by atoms with van der Waals surface area (Å²) in [5.41, 5.74) is 9.40. The van der Waals surface area contributed by atoms with Gasteiger partial charge in [-0.3, -0.25) is 0 Å². The van der Waals surface area contributed by atoms with E-state index in [9.17, 15) is 0 Å². The van der Waals surface area contributed by atoms with Crippen LogP contribution in [0.15, 0.2) is 78.9 Å². The largest absolute Gasteiger partial charge is 0.457 e. The van der Waals surface area contributed by atoms with Gasteiger partial charge in [-0.15, -0.1) is 12.4 Å². The third-order valence-electron chi connectivity index (χ3n) is 4.07. The Morgan fingerprint density at radius 2 is 1.23 bits per heavy atom. The zero-order valence-electron chi connectivity index (χ0n) is 14.5. The quantitative estimate of drug-likeness (QED) is 0.650. The number of nitrogens with two attached hydrogens (primary N) is 1. The number of hydrogen-bond acceptors (Lipinski definition) is 3.